The van der Waals surface area contributed by atoms with Gasteiger partial charge in [0.25, 0.3) is 0 Å². The Morgan fingerprint density at radius 3 is 2.55 bits per heavy atom. The molecule has 0 N–H and O–H groups in total. The number of hydrogen-bond acceptors (Lipinski definition) is 7. The van der Waals surface area contributed by atoms with E-state index in [1.807, 2.05) is 48.5 Å². The zero-order chi connectivity index (χ0) is 27.7. The molecule has 8 heteroatoms. The summed E-state index contributed by atoms with van der Waals surface area (Å²) >= 11 is 0. The van der Waals surface area contributed by atoms with E-state index in [0.29, 0.717) is 61.0 Å². The van der Waals surface area contributed by atoms with Crippen molar-refractivity contribution in [3.05, 3.63) is 78.2 Å². The van der Waals surface area contributed by atoms with Gasteiger partial charge in [-0.15, -0.1) is 0 Å². The van der Waals surface area contributed by atoms with Gasteiger partial charge < -0.3 is 13.9 Å². The Morgan fingerprint density at radius 2 is 1.77 bits per heavy atom. The zero-order valence-electron chi connectivity index (χ0n) is 22.6. The number of ketones is 1. The number of nitrogens with zero attached hydrogens (tertiary/aromatic N) is 2. The van der Waals surface area contributed by atoms with Gasteiger partial charge in [-0.05, 0) is 72.6 Å². The molecule has 4 aromatic rings. The van der Waals surface area contributed by atoms with Crippen molar-refractivity contribution in [2.45, 2.75) is 56.5 Å². The number of likely N-dealkylation sites (tertiary alicyclic amines) is 1. The van der Waals surface area contributed by atoms with Gasteiger partial charge in [-0.2, -0.15) is 4.39 Å². The molecular weight excluding hydrogens is 511 g/mol. The van der Waals surface area contributed by atoms with E-state index in [4.69, 9.17) is 13.9 Å². The minimum Gasteiger partial charge on any atom is -0.469 e. The van der Waals surface area contributed by atoms with E-state index in [0.717, 1.165) is 23.6 Å². The molecule has 2 fully saturated rings. The minimum atomic E-state index is -2.63. The molecule has 0 amide bonds. The number of hydrogen-bond donors (Lipinski definition) is 0. The summed E-state index contributed by atoms with van der Waals surface area (Å²) in [6.07, 6.45) is 4.50. The standard InChI is InChI=1S/C32H33FN2O5/c1-38-31(37)22-11-14-24(15-12-22)40-32(33,35-17-4-5-18-35)30(36)29(23-13-16-27-28(19-23)39-20-34-27)26-10-6-8-21-7-2-3-9-25(21)26/h2-3,6-10,13,16,19-20,22,24,29H,4-5,11-12,14-15,17-18H2,1H3. The first-order valence-electron chi connectivity index (χ1n) is 14.0. The number of benzene rings is 3. The second kappa shape index (κ2) is 11.1. The number of rotatable bonds is 8. The van der Waals surface area contributed by atoms with Crippen molar-refractivity contribution in [1.82, 2.24) is 9.88 Å². The van der Waals surface area contributed by atoms with E-state index < -0.39 is 23.8 Å². The normalized spacial score (nSPS) is 22.2. The van der Waals surface area contributed by atoms with E-state index in [-0.39, 0.29) is 11.9 Å². The molecule has 0 radical (unpaired) electrons. The molecule has 1 aliphatic carbocycles. The Labute approximate surface area is 232 Å². The molecule has 0 spiro atoms. The second-order valence-electron chi connectivity index (χ2n) is 10.8. The highest BCUT2D eigenvalue weighted by Gasteiger charge is 2.52. The van der Waals surface area contributed by atoms with Gasteiger partial charge in [-0.25, -0.2) is 9.88 Å². The van der Waals surface area contributed by atoms with Crippen molar-refractivity contribution in [3.8, 4) is 0 Å². The van der Waals surface area contributed by atoms with E-state index >= 15 is 4.39 Å². The van der Waals surface area contributed by atoms with Crippen molar-refractivity contribution in [2.75, 3.05) is 20.2 Å². The maximum atomic E-state index is 17.5. The van der Waals surface area contributed by atoms with Crippen molar-refractivity contribution in [3.63, 3.8) is 0 Å². The lowest BCUT2D eigenvalue weighted by Gasteiger charge is -2.39. The third-order valence-electron chi connectivity index (χ3n) is 8.43. The van der Waals surface area contributed by atoms with Crippen molar-refractivity contribution >= 4 is 33.6 Å². The lowest BCUT2D eigenvalue weighted by molar-refractivity contribution is -0.253. The number of carbonyl (C=O) groups is 2. The van der Waals surface area contributed by atoms with Crippen LogP contribution in [-0.2, 0) is 19.1 Å². The number of methoxy groups -OCH3 is 1. The number of oxazole rings is 1. The first-order chi connectivity index (χ1) is 19.5. The quantitative estimate of drug-likeness (QED) is 0.194. The van der Waals surface area contributed by atoms with Crippen LogP contribution < -0.4 is 0 Å². The van der Waals surface area contributed by atoms with Gasteiger partial charge in [0.15, 0.2) is 12.0 Å². The number of carbonyl (C=O) groups excluding carboxylic acids is 2. The van der Waals surface area contributed by atoms with Crippen molar-refractivity contribution in [1.29, 1.82) is 0 Å². The van der Waals surface area contributed by atoms with Crippen LogP contribution >= 0.6 is 0 Å². The van der Waals surface area contributed by atoms with Crippen LogP contribution in [0.4, 0.5) is 4.39 Å². The number of halogens is 1. The molecule has 208 valence electrons. The smallest absolute Gasteiger partial charge is 0.330 e. The van der Waals surface area contributed by atoms with E-state index in [9.17, 15) is 9.59 Å². The molecule has 6 rings (SSSR count). The molecule has 2 unspecified atom stereocenters. The number of aromatic nitrogens is 1. The van der Waals surface area contributed by atoms with Crippen molar-refractivity contribution in [2.24, 2.45) is 5.92 Å². The third kappa shape index (κ3) is 4.90. The summed E-state index contributed by atoms with van der Waals surface area (Å²) in [7, 11) is 1.38. The minimum absolute atomic E-state index is 0.224. The van der Waals surface area contributed by atoms with Gasteiger partial charge in [0.1, 0.15) is 5.52 Å². The summed E-state index contributed by atoms with van der Waals surface area (Å²) in [5, 5.41) is 1.84. The van der Waals surface area contributed by atoms with Gasteiger partial charge in [-0.3, -0.25) is 9.59 Å². The summed E-state index contributed by atoms with van der Waals surface area (Å²) < 4.78 is 34.2. The summed E-state index contributed by atoms with van der Waals surface area (Å²) in [4.78, 5) is 32.5. The lowest BCUT2D eigenvalue weighted by Crippen LogP contribution is -2.56. The topological polar surface area (TPSA) is 81.9 Å². The van der Waals surface area contributed by atoms with Crippen LogP contribution in [0.25, 0.3) is 21.9 Å². The molecule has 1 saturated heterocycles. The number of alkyl halides is 1. The molecule has 0 bridgehead atoms. The van der Waals surface area contributed by atoms with E-state index in [1.54, 1.807) is 17.0 Å². The Balaban J connectivity index is 1.42. The number of Topliss-reactive ketones (excluding diaryl/α,β-unsaturated/α-hetero) is 1. The zero-order valence-corrected chi connectivity index (χ0v) is 22.6. The Morgan fingerprint density at radius 1 is 1.02 bits per heavy atom. The highest BCUT2D eigenvalue weighted by Crippen LogP contribution is 2.41. The summed E-state index contributed by atoms with van der Waals surface area (Å²) in [5.74, 6) is -4.70. The highest BCUT2D eigenvalue weighted by molar-refractivity contribution is 5.99. The Hall–Kier alpha value is -3.62. The van der Waals surface area contributed by atoms with E-state index in [2.05, 4.69) is 4.98 Å². The van der Waals surface area contributed by atoms with Crippen molar-refractivity contribution < 1.29 is 27.9 Å². The fourth-order valence-corrected chi connectivity index (χ4v) is 6.30. The molecule has 7 nitrogen and oxygen atoms in total. The summed E-state index contributed by atoms with van der Waals surface area (Å²) in [6, 6.07) is 19.0. The maximum Gasteiger partial charge on any atom is 0.330 e. The number of esters is 1. The molecule has 2 aliphatic rings. The largest absolute Gasteiger partial charge is 0.469 e. The molecule has 1 saturated carbocycles. The fourth-order valence-electron chi connectivity index (χ4n) is 6.30. The predicted octanol–water partition coefficient (Wildman–Crippen LogP) is 6.15. The van der Waals surface area contributed by atoms with Crippen LogP contribution in [0.15, 0.2) is 71.5 Å². The van der Waals surface area contributed by atoms with Crippen LogP contribution in [0, 0.1) is 5.92 Å². The first kappa shape index (κ1) is 26.6. The average molecular weight is 545 g/mol. The monoisotopic (exact) mass is 544 g/mol. The average Bonchev–Trinajstić information content (AvgIpc) is 3.70. The van der Waals surface area contributed by atoms with Gasteiger partial charge in [0.05, 0.1) is 25.0 Å². The summed E-state index contributed by atoms with van der Waals surface area (Å²) in [5.41, 5.74) is 2.52. The van der Waals surface area contributed by atoms with Crippen LogP contribution in [-0.4, -0.2) is 53.9 Å². The third-order valence-corrected chi connectivity index (χ3v) is 8.43. The lowest BCUT2D eigenvalue weighted by atomic mass is 9.83. The number of fused-ring (bicyclic) bond motifs is 2. The molecule has 1 aromatic heterocycles. The van der Waals surface area contributed by atoms with Gasteiger partial charge >= 0.3 is 11.9 Å². The van der Waals surface area contributed by atoms with Gasteiger partial charge in [-0.1, -0.05) is 48.5 Å². The summed E-state index contributed by atoms with van der Waals surface area (Å²) in [6.45, 7) is 0.867. The van der Waals surface area contributed by atoms with E-state index in [1.165, 1.54) is 13.5 Å². The SMILES string of the molecule is COC(=O)C1CCC(OC(F)(C(=O)C(c2ccc3ncoc3c2)c2cccc3ccccc23)N2CCCC2)CC1. The maximum absolute atomic E-state index is 17.5. The fraction of sp³-hybridized carbons (Fsp3) is 0.406. The highest BCUT2D eigenvalue weighted by atomic mass is 19.2. The van der Waals surface area contributed by atoms with Crippen LogP contribution in [0.2, 0.25) is 0 Å². The van der Waals surface area contributed by atoms with Gasteiger partial charge in [0, 0.05) is 13.1 Å². The van der Waals surface area contributed by atoms with Crippen LogP contribution in [0.5, 0.6) is 0 Å². The second-order valence-corrected chi connectivity index (χ2v) is 10.8. The Kier molecular flexibility index (Phi) is 7.38. The molecule has 1 aliphatic heterocycles. The van der Waals surface area contributed by atoms with Crippen LogP contribution in [0.3, 0.4) is 0 Å². The first-order valence-corrected chi connectivity index (χ1v) is 14.0. The number of ether oxygens (including phenoxy) is 2. The molecule has 2 heterocycles. The molecule has 3 aromatic carbocycles. The van der Waals surface area contributed by atoms with Gasteiger partial charge in [0.2, 0.25) is 5.78 Å². The van der Waals surface area contributed by atoms with Crippen LogP contribution in [0.1, 0.15) is 55.6 Å². The Bertz CT molecular complexity index is 1520. The molecular formula is C32H33FN2O5. The molecule has 40 heavy (non-hydrogen) atoms. The predicted molar refractivity (Wildman–Crippen MR) is 148 cm³/mol. The molecule has 2 atom stereocenters.